The SMILES string of the molecule is CCCCCCN(CCCCCC)Cc1ccc(Cl)cc1. The maximum atomic E-state index is 5.97. The molecular formula is C19H32ClN. The summed E-state index contributed by atoms with van der Waals surface area (Å²) in [5.41, 5.74) is 1.38. The van der Waals surface area contributed by atoms with Gasteiger partial charge in [0.2, 0.25) is 0 Å². The average molecular weight is 310 g/mol. The zero-order chi connectivity index (χ0) is 15.3. The predicted molar refractivity (Wildman–Crippen MR) is 95.0 cm³/mol. The van der Waals surface area contributed by atoms with Gasteiger partial charge in [0.25, 0.3) is 0 Å². The van der Waals surface area contributed by atoms with Gasteiger partial charge in [0, 0.05) is 11.6 Å². The Morgan fingerprint density at radius 2 is 1.29 bits per heavy atom. The summed E-state index contributed by atoms with van der Waals surface area (Å²) in [4.78, 5) is 2.62. The molecule has 1 aromatic rings. The molecule has 21 heavy (non-hydrogen) atoms. The summed E-state index contributed by atoms with van der Waals surface area (Å²) in [6, 6.07) is 8.33. The van der Waals surface area contributed by atoms with Crippen molar-refractivity contribution in [2.75, 3.05) is 13.1 Å². The second-order valence-corrected chi connectivity index (χ2v) is 6.46. The van der Waals surface area contributed by atoms with Crippen LogP contribution in [-0.2, 0) is 6.54 Å². The van der Waals surface area contributed by atoms with Crippen molar-refractivity contribution in [3.63, 3.8) is 0 Å². The van der Waals surface area contributed by atoms with Crippen LogP contribution in [0.3, 0.4) is 0 Å². The molecule has 1 nitrogen and oxygen atoms in total. The van der Waals surface area contributed by atoms with Gasteiger partial charge in [-0.3, -0.25) is 4.90 Å². The fourth-order valence-electron chi connectivity index (χ4n) is 2.64. The molecule has 0 aromatic heterocycles. The topological polar surface area (TPSA) is 3.24 Å². The van der Waals surface area contributed by atoms with Gasteiger partial charge in [-0.2, -0.15) is 0 Å². The Kier molecular flexibility index (Phi) is 10.6. The molecule has 0 N–H and O–H groups in total. The predicted octanol–water partition coefficient (Wildman–Crippen LogP) is 6.30. The maximum absolute atomic E-state index is 5.97. The van der Waals surface area contributed by atoms with Crippen LogP contribution in [0, 0.1) is 0 Å². The minimum absolute atomic E-state index is 0.830. The number of nitrogens with zero attached hydrogens (tertiary/aromatic N) is 1. The Hall–Kier alpha value is -0.530. The van der Waals surface area contributed by atoms with Crippen LogP contribution in [0.2, 0.25) is 5.02 Å². The number of halogens is 1. The monoisotopic (exact) mass is 309 g/mol. The highest BCUT2D eigenvalue weighted by Gasteiger charge is 2.06. The van der Waals surface area contributed by atoms with E-state index in [1.54, 1.807) is 0 Å². The van der Waals surface area contributed by atoms with Crippen LogP contribution >= 0.6 is 11.6 Å². The van der Waals surface area contributed by atoms with E-state index in [-0.39, 0.29) is 0 Å². The largest absolute Gasteiger partial charge is 0.299 e. The maximum Gasteiger partial charge on any atom is 0.0406 e. The molecule has 120 valence electrons. The second-order valence-electron chi connectivity index (χ2n) is 6.02. The van der Waals surface area contributed by atoms with Crippen molar-refractivity contribution in [3.8, 4) is 0 Å². The zero-order valence-corrected chi connectivity index (χ0v) is 14.7. The van der Waals surface area contributed by atoms with E-state index in [4.69, 9.17) is 11.6 Å². The quantitative estimate of drug-likeness (QED) is 0.409. The molecule has 0 saturated heterocycles. The summed E-state index contributed by atoms with van der Waals surface area (Å²) in [6.07, 6.45) is 10.7. The molecule has 0 aliphatic heterocycles. The second kappa shape index (κ2) is 12.1. The van der Waals surface area contributed by atoms with Crippen molar-refractivity contribution in [1.29, 1.82) is 0 Å². The van der Waals surface area contributed by atoms with E-state index in [1.165, 1.54) is 70.0 Å². The molecule has 0 bridgehead atoms. The highest BCUT2D eigenvalue weighted by Crippen LogP contribution is 2.13. The number of hydrogen-bond acceptors (Lipinski definition) is 1. The van der Waals surface area contributed by atoms with E-state index in [0.29, 0.717) is 0 Å². The van der Waals surface area contributed by atoms with Crippen molar-refractivity contribution in [2.45, 2.75) is 71.8 Å². The third-order valence-electron chi connectivity index (χ3n) is 3.98. The van der Waals surface area contributed by atoms with Gasteiger partial charge in [-0.05, 0) is 43.6 Å². The van der Waals surface area contributed by atoms with Crippen molar-refractivity contribution in [3.05, 3.63) is 34.9 Å². The smallest absolute Gasteiger partial charge is 0.0406 e. The molecule has 1 rings (SSSR count). The number of hydrogen-bond donors (Lipinski definition) is 0. The lowest BCUT2D eigenvalue weighted by Crippen LogP contribution is -2.25. The van der Waals surface area contributed by atoms with Crippen molar-refractivity contribution in [2.24, 2.45) is 0 Å². The van der Waals surface area contributed by atoms with Crippen LogP contribution in [0.25, 0.3) is 0 Å². The van der Waals surface area contributed by atoms with Gasteiger partial charge in [-0.25, -0.2) is 0 Å². The van der Waals surface area contributed by atoms with E-state index in [1.807, 2.05) is 12.1 Å². The average Bonchev–Trinajstić information content (AvgIpc) is 2.50. The van der Waals surface area contributed by atoms with Crippen LogP contribution in [-0.4, -0.2) is 18.0 Å². The fraction of sp³-hybridized carbons (Fsp3) is 0.684. The Labute approximate surface area is 136 Å². The van der Waals surface area contributed by atoms with E-state index in [9.17, 15) is 0 Å². The molecule has 0 saturated carbocycles. The van der Waals surface area contributed by atoms with Crippen LogP contribution in [0.15, 0.2) is 24.3 Å². The van der Waals surface area contributed by atoms with E-state index in [0.717, 1.165) is 11.6 Å². The van der Waals surface area contributed by atoms with Gasteiger partial charge < -0.3 is 0 Å². The third kappa shape index (κ3) is 9.16. The first-order chi connectivity index (χ1) is 10.3. The number of unbranched alkanes of at least 4 members (excludes halogenated alkanes) is 6. The highest BCUT2D eigenvalue weighted by atomic mass is 35.5. The van der Waals surface area contributed by atoms with E-state index >= 15 is 0 Å². The molecule has 0 spiro atoms. The van der Waals surface area contributed by atoms with Crippen molar-refractivity contribution < 1.29 is 0 Å². The zero-order valence-electron chi connectivity index (χ0n) is 13.9. The van der Waals surface area contributed by atoms with Crippen molar-refractivity contribution >= 4 is 11.6 Å². The third-order valence-corrected chi connectivity index (χ3v) is 4.23. The van der Waals surface area contributed by atoms with Crippen LogP contribution in [0.5, 0.6) is 0 Å². The Morgan fingerprint density at radius 1 is 0.762 bits per heavy atom. The molecule has 0 radical (unpaired) electrons. The molecule has 1 aromatic carbocycles. The van der Waals surface area contributed by atoms with Gasteiger partial charge in [-0.1, -0.05) is 76.1 Å². The van der Waals surface area contributed by atoms with E-state index in [2.05, 4.69) is 30.9 Å². The molecular weight excluding hydrogens is 278 g/mol. The molecule has 2 heteroatoms. The summed E-state index contributed by atoms with van der Waals surface area (Å²) < 4.78 is 0. The lowest BCUT2D eigenvalue weighted by atomic mass is 10.1. The minimum Gasteiger partial charge on any atom is -0.299 e. The first-order valence-corrected chi connectivity index (χ1v) is 9.10. The van der Waals surface area contributed by atoms with Gasteiger partial charge in [0.15, 0.2) is 0 Å². The minimum atomic E-state index is 0.830. The van der Waals surface area contributed by atoms with Gasteiger partial charge >= 0.3 is 0 Å². The highest BCUT2D eigenvalue weighted by molar-refractivity contribution is 6.30. The lowest BCUT2D eigenvalue weighted by molar-refractivity contribution is 0.252. The molecule has 0 fully saturated rings. The van der Waals surface area contributed by atoms with Gasteiger partial charge in [0.05, 0.1) is 0 Å². The first-order valence-electron chi connectivity index (χ1n) is 8.73. The summed E-state index contributed by atoms with van der Waals surface area (Å²) in [6.45, 7) is 8.07. The normalized spacial score (nSPS) is 11.2. The molecule has 0 aliphatic rings. The Balaban J connectivity index is 2.39. The fourth-order valence-corrected chi connectivity index (χ4v) is 2.77. The molecule has 0 aliphatic carbocycles. The van der Waals surface area contributed by atoms with Gasteiger partial charge in [0.1, 0.15) is 0 Å². The molecule has 0 amide bonds. The molecule has 0 heterocycles. The molecule has 0 atom stereocenters. The Bertz CT molecular complexity index is 335. The summed E-state index contributed by atoms with van der Waals surface area (Å²) in [7, 11) is 0. The van der Waals surface area contributed by atoms with Gasteiger partial charge in [-0.15, -0.1) is 0 Å². The Morgan fingerprint density at radius 3 is 1.76 bits per heavy atom. The van der Waals surface area contributed by atoms with Crippen molar-refractivity contribution in [1.82, 2.24) is 4.90 Å². The summed E-state index contributed by atoms with van der Waals surface area (Å²) in [5, 5.41) is 0.830. The number of benzene rings is 1. The van der Waals surface area contributed by atoms with E-state index < -0.39 is 0 Å². The van der Waals surface area contributed by atoms with Crippen LogP contribution in [0.1, 0.15) is 70.8 Å². The molecule has 0 unspecified atom stereocenters. The van der Waals surface area contributed by atoms with Crippen LogP contribution in [0.4, 0.5) is 0 Å². The summed E-state index contributed by atoms with van der Waals surface area (Å²) >= 11 is 5.97. The van der Waals surface area contributed by atoms with Crippen LogP contribution < -0.4 is 0 Å². The number of rotatable bonds is 12. The summed E-state index contributed by atoms with van der Waals surface area (Å²) in [5.74, 6) is 0. The first kappa shape index (κ1) is 18.5. The lowest BCUT2D eigenvalue weighted by Gasteiger charge is -2.22. The standard InChI is InChI=1S/C19H32ClN/c1-3-5-7-9-15-21(16-10-8-6-4-2)17-18-11-13-19(20)14-12-18/h11-14H,3-10,15-17H2,1-2H3.